The van der Waals surface area contributed by atoms with Gasteiger partial charge in [0.1, 0.15) is 0 Å². The smallest absolute Gasteiger partial charge is 0.244 e. The lowest BCUT2D eigenvalue weighted by molar-refractivity contribution is -0.123. The first-order valence-electron chi connectivity index (χ1n) is 8.36. The molecule has 2 aromatic rings. The molecule has 1 aromatic carbocycles. The van der Waals surface area contributed by atoms with Gasteiger partial charge in [-0.1, -0.05) is 31.2 Å². The molecule has 0 aliphatic carbocycles. The molecule has 0 saturated carbocycles. The summed E-state index contributed by atoms with van der Waals surface area (Å²) in [5.74, 6) is 0.218. The zero-order chi connectivity index (χ0) is 16.2. The summed E-state index contributed by atoms with van der Waals surface area (Å²) in [7, 11) is 0. The molecule has 1 aromatic heterocycles. The average Bonchev–Trinajstić information content (AvgIpc) is 3.11. The van der Waals surface area contributed by atoms with E-state index in [0.717, 1.165) is 38.2 Å². The lowest BCUT2D eigenvalue weighted by atomic mass is 10.0. The molecular formula is C19H24N2OS. The number of carbonyl (C=O) groups is 1. The molecule has 122 valence electrons. The Morgan fingerprint density at radius 1 is 1.30 bits per heavy atom. The normalized spacial score (nSPS) is 15.5. The van der Waals surface area contributed by atoms with Crippen LogP contribution in [0.4, 0.5) is 5.69 Å². The number of benzene rings is 1. The van der Waals surface area contributed by atoms with Gasteiger partial charge in [-0.05, 0) is 49.4 Å². The van der Waals surface area contributed by atoms with Crippen LogP contribution in [0.3, 0.4) is 0 Å². The van der Waals surface area contributed by atoms with Gasteiger partial charge in [-0.25, -0.2) is 0 Å². The Bertz CT molecular complexity index is 653. The molecule has 0 fully saturated rings. The summed E-state index contributed by atoms with van der Waals surface area (Å²) in [6, 6.07) is 12.4. The van der Waals surface area contributed by atoms with Gasteiger partial charge in [-0.2, -0.15) is 0 Å². The quantitative estimate of drug-likeness (QED) is 0.830. The van der Waals surface area contributed by atoms with Crippen molar-refractivity contribution in [3.8, 4) is 0 Å². The zero-order valence-corrected chi connectivity index (χ0v) is 14.7. The van der Waals surface area contributed by atoms with Crippen LogP contribution in [0.2, 0.25) is 0 Å². The monoisotopic (exact) mass is 328 g/mol. The third-order valence-electron chi connectivity index (χ3n) is 4.63. The molecule has 1 aliphatic heterocycles. The molecule has 0 N–H and O–H groups in total. The average molecular weight is 328 g/mol. The molecule has 0 saturated heterocycles. The van der Waals surface area contributed by atoms with Crippen molar-refractivity contribution in [1.29, 1.82) is 0 Å². The van der Waals surface area contributed by atoms with Crippen LogP contribution in [0.25, 0.3) is 0 Å². The molecule has 1 aliphatic rings. The first-order chi connectivity index (χ1) is 11.2. The minimum Gasteiger partial charge on any atom is -0.311 e. The lowest BCUT2D eigenvalue weighted by Gasteiger charge is -2.35. The summed E-state index contributed by atoms with van der Waals surface area (Å²) >= 11 is 1.75. The van der Waals surface area contributed by atoms with E-state index in [0.29, 0.717) is 0 Å². The van der Waals surface area contributed by atoms with Crippen LogP contribution >= 0.6 is 11.3 Å². The van der Waals surface area contributed by atoms with Crippen molar-refractivity contribution < 1.29 is 4.79 Å². The second-order valence-corrected chi connectivity index (χ2v) is 7.07. The Hall–Kier alpha value is -1.65. The number of para-hydroxylation sites is 1. The van der Waals surface area contributed by atoms with E-state index in [-0.39, 0.29) is 11.9 Å². The summed E-state index contributed by atoms with van der Waals surface area (Å²) in [6.45, 7) is 6.71. The van der Waals surface area contributed by atoms with Crippen molar-refractivity contribution in [2.45, 2.75) is 39.3 Å². The SMILES string of the molecule is CCN(Cc1cccs1)C(C)C(=O)N1CCCc2ccccc21. The summed E-state index contributed by atoms with van der Waals surface area (Å²) in [6.07, 6.45) is 2.12. The van der Waals surface area contributed by atoms with Gasteiger partial charge >= 0.3 is 0 Å². The molecular weight excluding hydrogens is 304 g/mol. The first kappa shape index (κ1) is 16.2. The van der Waals surface area contributed by atoms with Gasteiger partial charge in [-0.15, -0.1) is 11.3 Å². The Balaban J connectivity index is 1.76. The fourth-order valence-electron chi connectivity index (χ4n) is 3.27. The highest BCUT2D eigenvalue weighted by Crippen LogP contribution is 2.28. The maximum absolute atomic E-state index is 13.1. The predicted octanol–water partition coefficient (Wildman–Crippen LogP) is 3.94. The lowest BCUT2D eigenvalue weighted by Crippen LogP contribution is -2.48. The third kappa shape index (κ3) is 3.48. The zero-order valence-electron chi connectivity index (χ0n) is 13.9. The molecule has 2 heterocycles. The van der Waals surface area contributed by atoms with Crippen molar-refractivity contribution in [2.24, 2.45) is 0 Å². The van der Waals surface area contributed by atoms with Gasteiger partial charge in [0.05, 0.1) is 6.04 Å². The van der Waals surface area contributed by atoms with E-state index in [1.165, 1.54) is 10.4 Å². The summed E-state index contributed by atoms with van der Waals surface area (Å²) < 4.78 is 0. The number of likely N-dealkylation sites (N-methyl/N-ethyl adjacent to an activating group) is 1. The van der Waals surface area contributed by atoms with Gasteiger partial charge in [0.2, 0.25) is 5.91 Å². The molecule has 1 unspecified atom stereocenters. The molecule has 1 atom stereocenters. The number of thiophene rings is 1. The Morgan fingerprint density at radius 3 is 2.87 bits per heavy atom. The van der Waals surface area contributed by atoms with Crippen LogP contribution in [-0.4, -0.2) is 29.9 Å². The standard InChI is InChI=1S/C19H24N2OS/c1-3-20(14-17-10-7-13-23-17)15(2)19(22)21-12-6-9-16-8-4-5-11-18(16)21/h4-5,7-8,10-11,13,15H,3,6,9,12,14H2,1-2H3. The van der Waals surface area contributed by atoms with Crippen molar-refractivity contribution in [3.05, 3.63) is 52.2 Å². The van der Waals surface area contributed by atoms with Crippen LogP contribution < -0.4 is 4.90 Å². The molecule has 4 heteroatoms. The van der Waals surface area contributed by atoms with E-state index in [1.54, 1.807) is 11.3 Å². The van der Waals surface area contributed by atoms with Crippen molar-refractivity contribution >= 4 is 22.9 Å². The van der Waals surface area contributed by atoms with Gasteiger partial charge in [0.25, 0.3) is 0 Å². The molecule has 0 bridgehead atoms. The van der Waals surface area contributed by atoms with Crippen LogP contribution in [0.1, 0.15) is 30.7 Å². The van der Waals surface area contributed by atoms with E-state index < -0.39 is 0 Å². The van der Waals surface area contributed by atoms with Crippen molar-refractivity contribution in [1.82, 2.24) is 4.90 Å². The van der Waals surface area contributed by atoms with Crippen molar-refractivity contribution in [3.63, 3.8) is 0 Å². The predicted molar refractivity (Wildman–Crippen MR) is 97.0 cm³/mol. The molecule has 1 amide bonds. The number of nitrogens with zero attached hydrogens (tertiary/aromatic N) is 2. The number of hydrogen-bond donors (Lipinski definition) is 0. The van der Waals surface area contributed by atoms with Gasteiger partial charge in [0.15, 0.2) is 0 Å². The summed E-state index contributed by atoms with van der Waals surface area (Å²) in [5, 5.41) is 2.09. The Labute approximate surface area is 142 Å². The second-order valence-electron chi connectivity index (χ2n) is 6.04. The van der Waals surface area contributed by atoms with E-state index in [2.05, 4.69) is 47.5 Å². The highest BCUT2D eigenvalue weighted by molar-refractivity contribution is 7.09. The van der Waals surface area contributed by atoms with Gasteiger partial charge in [-0.3, -0.25) is 9.69 Å². The van der Waals surface area contributed by atoms with Crippen molar-refractivity contribution in [2.75, 3.05) is 18.0 Å². The minimum atomic E-state index is -0.103. The van der Waals surface area contributed by atoms with E-state index in [9.17, 15) is 4.79 Å². The fourth-order valence-corrected chi connectivity index (χ4v) is 4.00. The highest BCUT2D eigenvalue weighted by Gasteiger charge is 2.29. The summed E-state index contributed by atoms with van der Waals surface area (Å²) in [5.41, 5.74) is 2.39. The second kappa shape index (κ2) is 7.28. The molecule has 3 rings (SSSR count). The summed E-state index contributed by atoms with van der Waals surface area (Å²) in [4.78, 5) is 18.6. The number of hydrogen-bond acceptors (Lipinski definition) is 3. The van der Waals surface area contributed by atoms with Gasteiger partial charge in [0, 0.05) is 23.7 Å². The number of fused-ring (bicyclic) bond motifs is 1. The topological polar surface area (TPSA) is 23.6 Å². The highest BCUT2D eigenvalue weighted by atomic mass is 32.1. The van der Waals surface area contributed by atoms with Gasteiger partial charge < -0.3 is 4.90 Å². The van der Waals surface area contributed by atoms with E-state index in [4.69, 9.17) is 0 Å². The third-order valence-corrected chi connectivity index (χ3v) is 5.49. The van der Waals surface area contributed by atoms with Crippen LogP contribution in [-0.2, 0) is 17.8 Å². The number of rotatable bonds is 5. The van der Waals surface area contributed by atoms with Crippen LogP contribution in [0.15, 0.2) is 41.8 Å². The molecule has 3 nitrogen and oxygen atoms in total. The molecule has 0 spiro atoms. The molecule has 23 heavy (non-hydrogen) atoms. The maximum atomic E-state index is 13.1. The van der Waals surface area contributed by atoms with E-state index in [1.807, 2.05) is 17.9 Å². The van der Waals surface area contributed by atoms with Crippen LogP contribution in [0, 0.1) is 0 Å². The van der Waals surface area contributed by atoms with Crippen LogP contribution in [0.5, 0.6) is 0 Å². The minimum absolute atomic E-state index is 0.103. The largest absolute Gasteiger partial charge is 0.311 e. The fraction of sp³-hybridized carbons (Fsp3) is 0.421. The Morgan fingerprint density at radius 2 is 2.13 bits per heavy atom. The number of amides is 1. The maximum Gasteiger partial charge on any atom is 0.244 e. The number of aryl methyl sites for hydroxylation is 1. The Kier molecular flexibility index (Phi) is 5.13. The molecule has 0 radical (unpaired) electrons. The number of carbonyl (C=O) groups excluding carboxylic acids is 1. The first-order valence-corrected chi connectivity index (χ1v) is 9.24. The number of anilines is 1. The van der Waals surface area contributed by atoms with E-state index >= 15 is 0 Å².